The van der Waals surface area contributed by atoms with Crippen molar-refractivity contribution in [3.63, 3.8) is 0 Å². The monoisotopic (exact) mass is 644 g/mol. The second kappa shape index (κ2) is 10.7. The first kappa shape index (κ1) is 28.5. The van der Waals surface area contributed by atoms with Crippen molar-refractivity contribution in [1.82, 2.24) is 5.32 Å². The molecule has 0 saturated carbocycles. The van der Waals surface area contributed by atoms with Crippen LogP contribution in [-0.2, 0) is 24.5 Å². The van der Waals surface area contributed by atoms with E-state index in [2.05, 4.69) is 26.6 Å². The number of benzene rings is 3. The molecule has 2 N–H and O–H groups in total. The van der Waals surface area contributed by atoms with Crippen molar-refractivity contribution < 1.29 is 23.9 Å². The zero-order valence-corrected chi connectivity index (χ0v) is 25.1. The minimum absolute atomic E-state index is 0.0465. The Bertz CT molecular complexity index is 1530. The zero-order valence-electron chi connectivity index (χ0n) is 22.0. The maximum atomic E-state index is 14.3. The van der Waals surface area contributed by atoms with Gasteiger partial charge in [-0.2, -0.15) is 0 Å². The Labute approximate surface area is 250 Å². The van der Waals surface area contributed by atoms with Gasteiger partial charge in [0.15, 0.2) is 5.60 Å². The predicted molar refractivity (Wildman–Crippen MR) is 157 cm³/mol. The number of anilines is 1. The Morgan fingerprint density at radius 1 is 1.07 bits per heavy atom. The largest absolute Gasteiger partial charge is 0.476 e. The van der Waals surface area contributed by atoms with E-state index in [1.54, 1.807) is 69.3 Å². The minimum atomic E-state index is -1.35. The fourth-order valence-electron chi connectivity index (χ4n) is 5.73. The van der Waals surface area contributed by atoms with Crippen LogP contribution in [0.25, 0.3) is 0 Å². The molecule has 0 unspecified atom stereocenters. The van der Waals surface area contributed by atoms with Crippen LogP contribution in [0.1, 0.15) is 55.8 Å². The van der Waals surface area contributed by atoms with Crippen molar-refractivity contribution in [2.75, 3.05) is 11.9 Å². The van der Waals surface area contributed by atoms with Gasteiger partial charge >= 0.3 is 5.97 Å². The number of piperidine rings is 1. The van der Waals surface area contributed by atoms with Crippen molar-refractivity contribution in [2.24, 2.45) is 0 Å². The fraction of sp³-hybridized carbons (Fsp3) is 0.300. The molecular formula is C30H27BrCl2N2O5. The van der Waals surface area contributed by atoms with Gasteiger partial charge in [0.05, 0.1) is 12.6 Å². The summed E-state index contributed by atoms with van der Waals surface area (Å²) in [6, 6.07) is 16.9. The lowest BCUT2D eigenvalue weighted by Gasteiger charge is -2.47. The third-order valence-electron chi connectivity index (χ3n) is 7.42. The van der Waals surface area contributed by atoms with Crippen molar-refractivity contribution >= 4 is 62.6 Å². The number of amides is 2. The van der Waals surface area contributed by atoms with E-state index in [1.165, 1.54) is 0 Å². The molecule has 0 bridgehead atoms. The van der Waals surface area contributed by atoms with Gasteiger partial charge in [-0.3, -0.25) is 9.59 Å². The lowest BCUT2D eigenvalue weighted by atomic mass is 9.59. The van der Waals surface area contributed by atoms with E-state index in [0.29, 0.717) is 37.1 Å². The van der Waals surface area contributed by atoms with Crippen LogP contribution in [0.5, 0.6) is 5.75 Å². The first-order chi connectivity index (χ1) is 19.0. The summed E-state index contributed by atoms with van der Waals surface area (Å²) in [5.41, 5.74) is -0.132. The molecule has 2 amide bonds. The number of hydrogen-bond donors (Lipinski definition) is 2. The number of nitrogens with one attached hydrogen (secondary N) is 2. The van der Waals surface area contributed by atoms with Gasteiger partial charge in [-0.15, -0.1) is 0 Å². The van der Waals surface area contributed by atoms with E-state index in [-0.39, 0.29) is 24.8 Å². The van der Waals surface area contributed by atoms with Crippen LogP contribution < -0.4 is 15.4 Å². The van der Waals surface area contributed by atoms with Crippen LogP contribution in [0.4, 0.5) is 5.69 Å². The molecule has 3 aromatic rings. The molecule has 0 aromatic heterocycles. The van der Waals surface area contributed by atoms with Gasteiger partial charge in [-0.25, -0.2) is 4.79 Å². The van der Waals surface area contributed by atoms with Crippen LogP contribution >= 0.6 is 39.1 Å². The highest BCUT2D eigenvalue weighted by Gasteiger charge is 2.61. The SMILES string of the molecule is CCOC(=O)C(C)(C)Oc1ccc(Br)cc1[C@H]1NC(=O)C[C@@H](c2cccc(Cl)c2)[C@]12C(=O)Nc1cc(Cl)ccc12. The number of carbonyl (C=O) groups is 3. The van der Waals surface area contributed by atoms with Gasteiger partial charge in [0.25, 0.3) is 0 Å². The van der Waals surface area contributed by atoms with E-state index in [4.69, 9.17) is 32.7 Å². The first-order valence-corrected chi connectivity index (χ1v) is 14.3. The maximum Gasteiger partial charge on any atom is 0.349 e. The third-order valence-corrected chi connectivity index (χ3v) is 8.38. The van der Waals surface area contributed by atoms with Gasteiger partial charge in [0, 0.05) is 38.1 Å². The molecule has 5 rings (SSSR count). The highest BCUT2D eigenvalue weighted by atomic mass is 79.9. The maximum absolute atomic E-state index is 14.3. The molecule has 1 fully saturated rings. The average Bonchev–Trinajstić information content (AvgIpc) is 3.17. The van der Waals surface area contributed by atoms with E-state index in [1.807, 2.05) is 12.1 Å². The molecule has 10 heteroatoms. The highest BCUT2D eigenvalue weighted by molar-refractivity contribution is 9.10. The van der Waals surface area contributed by atoms with Crippen LogP contribution in [0.2, 0.25) is 10.0 Å². The molecule has 7 nitrogen and oxygen atoms in total. The average molecular weight is 646 g/mol. The summed E-state index contributed by atoms with van der Waals surface area (Å²) in [5.74, 6) is -1.34. The Hall–Kier alpha value is -3.07. The fourth-order valence-corrected chi connectivity index (χ4v) is 6.48. The lowest BCUT2D eigenvalue weighted by molar-refractivity contribution is -0.158. The lowest BCUT2D eigenvalue weighted by Crippen LogP contribution is -2.57. The summed E-state index contributed by atoms with van der Waals surface area (Å²) in [7, 11) is 0. The number of fused-ring (bicyclic) bond motifs is 2. The molecule has 3 aromatic carbocycles. The van der Waals surface area contributed by atoms with Crippen LogP contribution in [0.15, 0.2) is 65.1 Å². The number of carbonyl (C=O) groups excluding carboxylic acids is 3. The first-order valence-electron chi connectivity index (χ1n) is 12.8. The van der Waals surface area contributed by atoms with Crippen molar-refractivity contribution in [3.05, 3.63) is 91.9 Å². The molecule has 1 spiro atoms. The molecule has 3 atom stereocenters. The molecule has 208 valence electrons. The quantitative estimate of drug-likeness (QED) is 0.291. The van der Waals surface area contributed by atoms with Gasteiger partial charge in [0.2, 0.25) is 11.8 Å². The molecule has 2 heterocycles. The van der Waals surface area contributed by atoms with E-state index < -0.39 is 28.9 Å². The number of ether oxygens (including phenoxy) is 2. The van der Waals surface area contributed by atoms with Gasteiger partial charge in [-0.1, -0.05) is 57.3 Å². The Kier molecular flexibility index (Phi) is 7.63. The molecule has 2 aliphatic rings. The zero-order chi connectivity index (χ0) is 28.8. The minimum Gasteiger partial charge on any atom is -0.476 e. The number of esters is 1. The van der Waals surface area contributed by atoms with Gasteiger partial charge < -0.3 is 20.1 Å². The van der Waals surface area contributed by atoms with Crippen LogP contribution in [-0.4, -0.2) is 30.0 Å². The molecule has 0 aliphatic carbocycles. The summed E-state index contributed by atoms with van der Waals surface area (Å²) < 4.78 is 12.2. The summed E-state index contributed by atoms with van der Waals surface area (Å²) in [4.78, 5) is 40.4. The van der Waals surface area contributed by atoms with Crippen molar-refractivity contribution in [1.29, 1.82) is 0 Å². The standard InChI is InChI=1S/C30H27BrCl2N2O5/c1-4-39-28(38)29(2,3)40-24-11-8-17(31)13-20(24)26-30(21-10-9-19(33)14-23(21)34-27(30)37)22(15-25(36)35-26)16-6-5-7-18(32)12-16/h5-14,22,26H,4,15H2,1-3H3,(H,34,37)(H,35,36)/t22-,26+,30-/m0/s1. The van der Waals surface area contributed by atoms with Crippen molar-refractivity contribution in [2.45, 2.75) is 50.2 Å². The second-order valence-corrected chi connectivity index (χ2v) is 12.1. The van der Waals surface area contributed by atoms with Gasteiger partial charge in [0.1, 0.15) is 11.2 Å². The smallest absolute Gasteiger partial charge is 0.349 e. The van der Waals surface area contributed by atoms with Gasteiger partial charge in [-0.05, 0) is 74.4 Å². The molecule has 1 saturated heterocycles. The van der Waals surface area contributed by atoms with E-state index in [0.717, 1.165) is 5.56 Å². The number of halogens is 3. The Balaban J connectivity index is 1.76. The second-order valence-electron chi connectivity index (χ2n) is 10.3. The summed E-state index contributed by atoms with van der Waals surface area (Å²) >= 11 is 16.2. The molecule has 0 radical (unpaired) electrons. The highest BCUT2D eigenvalue weighted by Crippen LogP contribution is 2.58. The summed E-state index contributed by atoms with van der Waals surface area (Å²) in [6.07, 6.45) is 0.0465. The third kappa shape index (κ3) is 4.86. The molecule has 2 aliphatic heterocycles. The predicted octanol–water partition coefficient (Wildman–Crippen LogP) is 6.71. The van der Waals surface area contributed by atoms with Crippen molar-refractivity contribution in [3.8, 4) is 5.75 Å². The topological polar surface area (TPSA) is 93.7 Å². The Morgan fingerprint density at radius 2 is 1.82 bits per heavy atom. The Morgan fingerprint density at radius 3 is 2.55 bits per heavy atom. The molecule has 40 heavy (non-hydrogen) atoms. The normalized spacial score (nSPS) is 21.9. The van der Waals surface area contributed by atoms with E-state index >= 15 is 0 Å². The van der Waals surface area contributed by atoms with E-state index in [9.17, 15) is 14.4 Å². The van der Waals surface area contributed by atoms with Crippen LogP contribution in [0.3, 0.4) is 0 Å². The number of rotatable bonds is 6. The molecular weight excluding hydrogens is 619 g/mol. The number of hydrogen-bond acceptors (Lipinski definition) is 5. The summed E-state index contributed by atoms with van der Waals surface area (Å²) in [6.45, 7) is 5.14. The van der Waals surface area contributed by atoms with Crippen LogP contribution in [0, 0.1) is 0 Å². The summed E-state index contributed by atoms with van der Waals surface area (Å²) in [5, 5.41) is 7.06.